The van der Waals surface area contributed by atoms with E-state index in [1.807, 2.05) is 39.0 Å². The van der Waals surface area contributed by atoms with Gasteiger partial charge in [0.1, 0.15) is 0 Å². The molecule has 0 bridgehead atoms. The highest BCUT2D eigenvalue weighted by Gasteiger charge is 2.14. The molecule has 0 aliphatic heterocycles. The number of hydrogen-bond donors (Lipinski definition) is 0. The van der Waals surface area contributed by atoms with Gasteiger partial charge in [-0.1, -0.05) is 17.7 Å². The lowest BCUT2D eigenvalue weighted by molar-refractivity contribution is 0.769. The Hall–Kier alpha value is -1.68. The number of halogens is 1. The van der Waals surface area contributed by atoms with E-state index in [0.29, 0.717) is 5.15 Å². The molecular weight excluding hydrogens is 272 g/mol. The van der Waals surface area contributed by atoms with Crippen molar-refractivity contribution in [2.45, 2.75) is 34.2 Å². The number of aromatic nitrogens is 3. The monoisotopic (exact) mass is 290 g/mol. The topological polar surface area (TPSA) is 41.9 Å². The molecule has 20 heavy (non-hydrogen) atoms. The van der Waals surface area contributed by atoms with Gasteiger partial charge in [0.05, 0.1) is 12.2 Å². The zero-order chi connectivity index (χ0) is 14.7. The van der Waals surface area contributed by atoms with Crippen LogP contribution in [0.15, 0.2) is 18.2 Å². The molecular formula is C15H19ClN4. The van der Waals surface area contributed by atoms with Crippen LogP contribution in [0.2, 0.25) is 5.15 Å². The van der Waals surface area contributed by atoms with Crippen molar-refractivity contribution in [1.82, 2.24) is 15.2 Å². The van der Waals surface area contributed by atoms with Crippen molar-refractivity contribution >= 4 is 17.4 Å². The Balaban J connectivity index is 2.31. The largest absolute Gasteiger partial charge is 0.349 e. The second-order valence-electron chi connectivity index (χ2n) is 4.85. The number of anilines is 1. The predicted octanol–water partition coefficient (Wildman–Crippen LogP) is 3.48. The molecule has 0 spiro atoms. The molecule has 2 aromatic heterocycles. The fourth-order valence-corrected chi connectivity index (χ4v) is 2.26. The van der Waals surface area contributed by atoms with Crippen LogP contribution in [0, 0.1) is 20.8 Å². The maximum atomic E-state index is 6.01. The quantitative estimate of drug-likeness (QED) is 0.864. The van der Waals surface area contributed by atoms with Crippen molar-refractivity contribution in [2.75, 3.05) is 11.4 Å². The average molecular weight is 291 g/mol. The molecule has 2 rings (SSSR count). The molecule has 2 heterocycles. The molecule has 4 nitrogen and oxygen atoms in total. The van der Waals surface area contributed by atoms with Crippen molar-refractivity contribution < 1.29 is 0 Å². The van der Waals surface area contributed by atoms with Gasteiger partial charge in [0.25, 0.3) is 0 Å². The number of rotatable bonds is 4. The molecule has 0 aliphatic rings. The van der Waals surface area contributed by atoms with Gasteiger partial charge in [-0.15, -0.1) is 10.2 Å². The first-order valence-corrected chi connectivity index (χ1v) is 7.07. The summed E-state index contributed by atoms with van der Waals surface area (Å²) in [6.07, 6.45) is 0. The van der Waals surface area contributed by atoms with Crippen LogP contribution in [0.3, 0.4) is 0 Å². The van der Waals surface area contributed by atoms with Gasteiger partial charge in [-0.25, -0.2) is 0 Å². The lowest BCUT2D eigenvalue weighted by atomic mass is 10.2. The lowest BCUT2D eigenvalue weighted by Crippen LogP contribution is -2.25. The van der Waals surface area contributed by atoms with Gasteiger partial charge < -0.3 is 4.90 Å². The summed E-state index contributed by atoms with van der Waals surface area (Å²) < 4.78 is 0. The highest BCUT2D eigenvalue weighted by atomic mass is 35.5. The molecule has 2 aromatic rings. The van der Waals surface area contributed by atoms with E-state index in [1.165, 1.54) is 0 Å². The van der Waals surface area contributed by atoms with Crippen LogP contribution in [0.5, 0.6) is 0 Å². The minimum atomic E-state index is 0.469. The molecule has 0 saturated heterocycles. The summed E-state index contributed by atoms with van der Waals surface area (Å²) in [6.45, 7) is 9.64. The maximum absolute atomic E-state index is 6.01. The third kappa shape index (κ3) is 3.07. The van der Waals surface area contributed by atoms with Crippen LogP contribution >= 0.6 is 11.6 Å². The van der Waals surface area contributed by atoms with Gasteiger partial charge in [-0.3, -0.25) is 4.98 Å². The Bertz CT molecular complexity index is 613. The first kappa shape index (κ1) is 14.7. The fraction of sp³-hybridized carbons (Fsp3) is 0.400. The van der Waals surface area contributed by atoms with E-state index >= 15 is 0 Å². The summed E-state index contributed by atoms with van der Waals surface area (Å²) in [7, 11) is 0. The van der Waals surface area contributed by atoms with Crippen molar-refractivity contribution in [3.05, 3.63) is 45.9 Å². The Kier molecular flexibility index (Phi) is 4.55. The zero-order valence-corrected chi connectivity index (χ0v) is 13.1. The van der Waals surface area contributed by atoms with Crippen molar-refractivity contribution in [3.63, 3.8) is 0 Å². The Labute approximate surface area is 124 Å². The summed E-state index contributed by atoms with van der Waals surface area (Å²) in [6, 6.07) is 6.05. The molecule has 5 heteroatoms. The van der Waals surface area contributed by atoms with E-state index in [4.69, 9.17) is 11.6 Å². The molecule has 0 aliphatic carbocycles. The Morgan fingerprint density at radius 2 is 1.85 bits per heavy atom. The average Bonchev–Trinajstić information content (AvgIpc) is 2.43. The second-order valence-corrected chi connectivity index (χ2v) is 5.21. The van der Waals surface area contributed by atoms with Crippen molar-refractivity contribution in [2.24, 2.45) is 0 Å². The molecule has 0 radical (unpaired) electrons. The normalized spacial score (nSPS) is 10.7. The number of aryl methyl sites for hydroxylation is 1. The molecule has 0 atom stereocenters. The minimum Gasteiger partial charge on any atom is -0.349 e. The molecule has 0 amide bonds. The first-order valence-electron chi connectivity index (χ1n) is 6.69. The maximum Gasteiger partial charge on any atom is 0.155 e. The van der Waals surface area contributed by atoms with Crippen LogP contribution in [-0.2, 0) is 6.54 Å². The molecule has 0 saturated carbocycles. The van der Waals surface area contributed by atoms with Gasteiger partial charge in [-0.05, 0) is 51.0 Å². The smallest absolute Gasteiger partial charge is 0.155 e. The van der Waals surface area contributed by atoms with Crippen molar-refractivity contribution in [3.8, 4) is 0 Å². The summed E-state index contributed by atoms with van der Waals surface area (Å²) >= 11 is 6.01. The second kappa shape index (κ2) is 6.18. The van der Waals surface area contributed by atoms with Crippen molar-refractivity contribution in [1.29, 1.82) is 0 Å². The predicted molar refractivity (Wildman–Crippen MR) is 82.2 cm³/mol. The van der Waals surface area contributed by atoms with E-state index in [2.05, 4.69) is 27.0 Å². The fourth-order valence-electron chi connectivity index (χ4n) is 2.08. The standard InChI is InChI=1S/C15H19ClN4/c1-5-20(9-13-8-6-7-10(2)17-13)15-12(4)11(3)14(16)18-19-15/h6-8H,5,9H2,1-4H3. The summed E-state index contributed by atoms with van der Waals surface area (Å²) in [5.41, 5.74) is 4.10. The third-order valence-electron chi connectivity index (χ3n) is 3.42. The van der Waals surface area contributed by atoms with E-state index in [-0.39, 0.29) is 0 Å². The van der Waals surface area contributed by atoms with Crippen LogP contribution in [0.25, 0.3) is 0 Å². The summed E-state index contributed by atoms with van der Waals surface area (Å²) in [4.78, 5) is 6.70. The first-order chi connectivity index (χ1) is 9.52. The van der Waals surface area contributed by atoms with E-state index in [9.17, 15) is 0 Å². The molecule has 0 aromatic carbocycles. The highest BCUT2D eigenvalue weighted by molar-refractivity contribution is 6.30. The van der Waals surface area contributed by atoms with Gasteiger partial charge in [0, 0.05) is 12.2 Å². The Morgan fingerprint density at radius 3 is 2.50 bits per heavy atom. The number of hydrogen-bond acceptors (Lipinski definition) is 4. The lowest BCUT2D eigenvalue weighted by Gasteiger charge is -2.23. The third-order valence-corrected chi connectivity index (χ3v) is 3.78. The van der Waals surface area contributed by atoms with E-state index in [0.717, 1.165) is 41.4 Å². The molecule has 106 valence electrons. The Morgan fingerprint density at radius 1 is 1.10 bits per heavy atom. The van der Waals surface area contributed by atoms with E-state index < -0.39 is 0 Å². The molecule has 0 unspecified atom stereocenters. The number of pyridine rings is 1. The van der Waals surface area contributed by atoms with Crippen LogP contribution in [0.1, 0.15) is 29.4 Å². The molecule has 0 N–H and O–H groups in total. The van der Waals surface area contributed by atoms with Gasteiger partial charge in [0.2, 0.25) is 0 Å². The van der Waals surface area contributed by atoms with Crippen LogP contribution in [0.4, 0.5) is 5.82 Å². The highest BCUT2D eigenvalue weighted by Crippen LogP contribution is 2.24. The molecule has 0 fully saturated rings. The van der Waals surface area contributed by atoms with Crippen LogP contribution in [-0.4, -0.2) is 21.7 Å². The minimum absolute atomic E-state index is 0.469. The summed E-state index contributed by atoms with van der Waals surface area (Å²) in [5, 5.41) is 8.73. The van der Waals surface area contributed by atoms with Crippen LogP contribution < -0.4 is 4.90 Å². The van der Waals surface area contributed by atoms with E-state index in [1.54, 1.807) is 0 Å². The van der Waals surface area contributed by atoms with Gasteiger partial charge in [-0.2, -0.15) is 0 Å². The number of nitrogens with zero attached hydrogens (tertiary/aromatic N) is 4. The van der Waals surface area contributed by atoms with Gasteiger partial charge in [0.15, 0.2) is 11.0 Å². The summed E-state index contributed by atoms with van der Waals surface area (Å²) in [5.74, 6) is 0.873. The zero-order valence-electron chi connectivity index (χ0n) is 12.3. The SMILES string of the molecule is CCN(Cc1cccc(C)n1)c1nnc(Cl)c(C)c1C. The van der Waals surface area contributed by atoms with Gasteiger partial charge >= 0.3 is 0 Å².